The SMILES string of the molecule is C=C(C)C(=O)OCC(OC(=O)C(=C)C)C1OC(O)C(OCc2ccccc2)=C1OCc1ccccc1. The second-order valence-corrected chi connectivity index (χ2v) is 8.29. The van der Waals surface area contributed by atoms with Gasteiger partial charge in [0.15, 0.2) is 23.7 Å². The zero-order valence-electron chi connectivity index (χ0n) is 20.3. The van der Waals surface area contributed by atoms with Crippen molar-refractivity contribution in [3.05, 3.63) is 108 Å². The maximum atomic E-state index is 12.4. The molecule has 1 aliphatic rings. The Labute approximate surface area is 210 Å². The zero-order chi connectivity index (χ0) is 26.1. The van der Waals surface area contributed by atoms with Crippen LogP contribution in [-0.4, -0.2) is 42.1 Å². The molecular weight excluding hydrogens is 464 g/mol. The van der Waals surface area contributed by atoms with Gasteiger partial charge in [-0.2, -0.15) is 0 Å². The third kappa shape index (κ3) is 7.31. The lowest BCUT2D eigenvalue weighted by Gasteiger charge is -2.25. The Morgan fingerprint density at radius 1 is 0.861 bits per heavy atom. The number of hydrogen-bond donors (Lipinski definition) is 1. The number of benzene rings is 2. The van der Waals surface area contributed by atoms with Gasteiger partial charge in [0.2, 0.25) is 6.29 Å². The highest BCUT2D eigenvalue weighted by atomic mass is 16.7. The lowest BCUT2D eigenvalue weighted by molar-refractivity contribution is -0.175. The standard InChI is InChI=1S/C28H30O8/c1-18(2)26(29)34-17-22(35-27(30)19(3)4)23-24(32-15-20-11-7-5-8-12-20)25(28(31)36-23)33-16-21-13-9-6-10-14-21/h5-14,22-23,28,31H,1,3,15-17H2,2,4H3. The Balaban J connectivity index is 1.90. The second-order valence-electron chi connectivity index (χ2n) is 8.29. The first-order valence-corrected chi connectivity index (χ1v) is 11.4. The summed E-state index contributed by atoms with van der Waals surface area (Å²) >= 11 is 0. The molecule has 0 amide bonds. The monoisotopic (exact) mass is 494 g/mol. The smallest absolute Gasteiger partial charge is 0.333 e. The first-order chi connectivity index (χ1) is 17.3. The second kappa shape index (κ2) is 12.7. The average molecular weight is 495 g/mol. The van der Waals surface area contributed by atoms with Crippen LogP contribution in [0.2, 0.25) is 0 Å². The Morgan fingerprint density at radius 3 is 1.86 bits per heavy atom. The van der Waals surface area contributed by atoms with Crippen LogP contribution < -0.4 is 0 Å². The van der Waals surface area contributed by atoms with E-state index in [0.717, 1.165) is 11.1 Å². The third-order valence-corrected chi connectivity index (χ3v) is 5.15. The van der Waals surface area contributed by atoms with E-state index < -0.39 is 30.4 Å². The molecule has 8 nitrogen and oxygen atoms in total. The maximum absolute atomic E-state index is 12.4. The molecule has 0 fully saturated rings. The number of carbonyl (C=O) groups is 2. The van der Waals surface area contributed by atoms with Crippen LogP contribution in [-0.2, 0) is 46.5 Å². The Morgan fingerprint density at radius 2 is 1.36 bits per heavy atom. The van der Waals surface area contributed by atoms with Gasteiger partial charge < -0.3 is 28.8 Å². The summed E-state index contributed by atoms with van der Waals surface area (Å²) < 4.78 is 28.4. The van der Waals surface area contributed by atoms with Crippen molar-refractivity contribution < 1.29 is 38.4 Å². The fraction of sp³-hybridized carbons (Fsp3) is 0.286. The highest BCUT2D eigenvalue weighted by molar-refractivity contribution is 5.87. The lowest BCUT2D eigenvalue weighted by Crippen LogP contribution is -2.39. The molecule has 36 heavy (non-hydrogen) atoms. The Hall–Kier alpha value is -3.88. The molecule has 0 spiro atoms. The van der Waals surface area contributed by atoms with Gasteiger partial charge in [-0.05, 0) is 25.0 Å². The Kier molecular flexibility index (Phi) is 9.44. The molecule has 8 heteroatoms. The molecule has 3 rings (SSSR count). The van der Waals surface area contributed by atoms with E-state index in [-0.39, 0.29) is 42.5 Å². The van der Waals surface area contributed by atoms with E-state index in [1.165, 1.54) is 13.8 Å². The predicted octanol–water partition coefficient (Wildman–Crippen LogP) is 3.96. The fourth-order valence-electron chi connectivity index (χ4n) is 3.25. The van der Waals surface area contributed by atoms with Gasteiger partial charge in [0.1, 0.15) is 19.8 Å². The molecule has 0 radical (unpaired) electrons. The van der Waals surface area contributed by atoms with E-state index in [0.29, 0.717) is 0 Å². The number of carbonyl (C=O) groups excluding carboxylic acids is 2. The summed E-state index contributed by atoms with van der Waals surface area (Å²) in [6.07, 6.45) is -3.76. The van der Waals surface area contributed by atoms with E-state index in [2.05, 4.69) is 13.2 Å². The lowest BCUT2D eigenvalue weighted by atomic mass is 10.1. The van der Waals surface area contributed by atoms with Gasteiger partial charge in [0, 0.05) is 11.1 Å². The van der Waals surface area contributed by atoms with Crippen LogP contribution >= 0.6 is 0 Å². The summed E-state index contributed by atoms with van der Waals surface area (Å²) in [5, 5.41) is 10.7. The van der Waals surface area contributed by atoms with Gasteiger partial charge in [-0.15, -0.1) is 0 Å². The summed E-state index contributed by atoms with van der Waals surface area (Å²) in [4.78, 5) is 24.4. The van der Waals surface area contributed by atoms with Crippen LogP contribution in [0.3, 0.4) is 0 Å². The van der Waals surface area contributed by atoms with Gasteiger partial charge in [-0.3, -0.25) is 0 Å². The van der Waals surface area contributed by atoms with Crippen molar-refractivity contribution in [2.24, 2.45) is 0 Å². The van der Waals surface area contributed by atoms with E-state index in [1.54, 1.807) is 0 Å². The maximum Gasteiger partial charge on any atom is 0.333 e. The van der Waals surface area contributed by atoms with Gasteiger partial charge in [-0.1, -0.05) is 73.8 Å². The summed E-state index contributed by atoms with van der Waals surface area (Å²) in [6.45, 7) is 10.0. The first kappa shape index (κ1) is 26.7. The van der Waals surface area contributed by atoms with Gasteiger partial charge in [-0.25, -0.2) is 9.59 Å². The van der Waals surface area contributed by atoms with E-state index in [4.69, 9.17) is 23.7 Å². The summed E-state index contributed by atoms with van der Waals surface area (Å²) in [6, 6.07) is 18.7. The predicted molar refractivity (Wildman–Crippen MR) is 131 cm³/mol. The van der Waals surface area contributed by atoms with Crippen LogP contribution in [0.1, 0.15) is 25.0 Å². The molecule has 0 saturated carbocycles. The molecule has 1 N–H and O–H groups in total. The molecule has 1 heterocycles. The highest BCUT2D eigenvalue weighted by Crippen LogP contribution is 2.33. The fourth-order valence-corrected chi connectivity index (χ4v) is 3.25. The molecule has 1 aliphatic heterocycles. The molecule has 2 aromatic carbocycles. The van der Waals surface area contributed by atoms with Crippen LogP contribution in [0.15, 0.2) is 96.5 Å². The van der Waals surface area contributed by atoms with Crippen molar-refractivity contribution in [3.8, 4) is 0 Å². The number of ether oxygens (including phenoxy) is 5. The molecule has 0 aliphatic carbocycles. The van der Waals surface area contributed by atoms with Crippen molar-refractivity contribution in [3.63, 3.8) is 0 Å². The number of rotatable bonds is 12. The molecule has 0 saturated heterocycles. The Bertz CT molecular complexity index is 1110. The van der Waals surface area contributed by atoms with E-state index in [9.17, 15) is 14.7 Å². The molecule has 3 atom stereocenters. The first-order valence-electron chi connectivity index (χ1n) is 11.4. The van der Waals surface area contributed by atoms with Crippen molar-refractivity contribution in [1.29, 1.82) is 0 Å². The van der Waals surface area contributed by atoms with Crippen LogP contribution in [0.4, 0.5) is 0 Å². The summed E-state index contributed by atoms with van der Waals surface area (Å²) in [5.41, 5.74) is 2.04. The molecule has 0 aromatic heterocycles. The zero-order valence-corrected chi connectivity index (χ0v) is 20.3. The molecule has 0 bridgehead atoms. The van der Waals surface area contributed by atoms with Crippen LogP contribution in [0.5, 0.6) is 0 Å². The summed E-state index contributed by atoms with van der Waals surface area (Å²) in [7, 11) is 0. The average Bonchev–Trinajstić information content (AvgIpc) is 3.19. The van der Waals surface area contributed by atoms with Gasteiger partial charge >= 0.3 is 11.9 Å². The molecule has 2 aromatic rings. The quantitative estimate of drug-likeness (QED) is 0.350. The number of esters is 2. The van der Waals surface area contributed by atoms with Crippen molar-refractivity contribution in [2.45, 2.75) is 45.6 Å². The molecule has 190 valence electrons. The van der Waals surface area contributed by atoms with E-state index in [1.807, 2.05) is 60.7 Å². The van der Waals surface area contributed by atoms with Gasteiger partial charge in [0.25, 0.3) is 0 Å². The van der Waals surface area contributed by atoms with Crippen molar-refractivity contribution >= 4 is 11.9 Å². The van der Waals surface area contributed by atoms with Gasteiger partial charge in [0.05, 0.1) is 0 Å². The van der Waals surface area contributed by atoms with Crippen LogP contribution in [0, 0.1) is 0 Å². The van der Waals surface area contributed by atoms with Crippen molar-refractivity contribution in [1.82, 2.24) is 0 Å². The largest absolute Gasteiger partial charge is 0.487 e. The van der Waals surface area contributed by atoms with E-state index >= 15 is 0 Å². The van der Waals surface area contributed by atoms with Crippen molar-refractivity contribution in [2.75, 3.05) is 6.61 Å². The number of aliphatic hydroxyl groups excluding tert-OH is 1. The normalized spacial score (nSPS) is 17.8. The topological polar surface area (TPSA) is 101 Å². The highest BCUT2D eigenvalue weighted by Gasteiger charge is 2.44. The minimum absolute atomic E-state index is 0.0439. The number of aliphatic hydroxyl groups is 1. The van der Waals surface area contributed by atoms with Crippen LogP contribution in [0.25, 0.3) is 0 Å². The number of hydrogen-bond acceptors (Lipinski definition) is 8. The minimum Gasteiger partial charge on any atom is -0.487 e. The summed E-state index contributed by atoms with van der Waals surface area (Å²) in [5.74, 6) is -1.21. The molecular formula is C28H30O8. The minimum atomic E-state index is -1.49. The third-order valence-electron chi connectivity index (χ3n) is 5.15. The molecule has 3 unspecified atom stereocenters.